The molecule has 1 aromatic heterocycles. The van der Waals surface area contributed by atoms with E-state index in [1.807, 2.05) is 62.4 Å². The molecule has 0 aliphatic rings. The van der Waals surface area contributed by atoms with E-state index in [0.29, 0.717) is 11.4 Å². The molecule has 1 heterocycles. The van der Waals surface area contributed by atoms with Crippen molar-refractivity contribution in [2.75, 3.05) is 11.1 Å². The van der Waals surface area contributed by atoms with Gasteiger partial charge in [-0.25, -0.2) is 4.68 Å². The molecule has 0 saturated carbocycles. The van der Waals surface area contributed by atoms with Crippen molar-refractivity contribution >= 4 is 39.3 Å². The Hall–Kier alpha value is -2.25. The normalized spacial score (nSPS) is 10.8. The average Bonchev–Trinajstić information content (AvgIpc) is 2.85. The number of aromatic nitrogens is 2. The Labute approximate surface area is 170 Å². The van der Waals surface area contributed by atoms with Gasteiger partial charge in [0.05, 0.1) is 17.1 Å². The van der Waals surface area contributed by atoms with Gasteiger partial charge in [-0.2, -0.15) is 0 Å². The Morgan fingerprint density at radius 2 is 1.85 bits per heavy atom. The van der Waals surface area contributed by atoms with Crippen LogP contribution in [0.3, 0.4) is 0 Å². The van der Waals surface area contributed by atoms with E-state index in [0.717, 1.165) is 20.6 Å². The minimum atomic E-state index is -0.237. The number of benzene rings is 2. The molecule has 27 heavy (non-hydrogen) atoms. The van der Waals surface area contributed by atoms with Crippen LogP contribution in [0.5, 0.6) is 0 Å². The molecule has 0 radical (unpaired) electrons. The van der Waals surface area contributed by atoms with E-state index < -0.39 is 0 Å². The molecular formula is C20H20BrN3O2S. The van der Waals surface area contributed by atoms with Crippen LogP contribution in [-0.4, -0.2) is 21.0 Å². The molecule has 2 aromatic carbocycles. The predicted octanol–water partition coefficient (Wildman–Crippen LogP) is 4.29. The van der Waals surface area contributed by atoms with Gasteiger partial charge in [0.2, 0.25) is 5.91 Å². The third kappa shape index (κ3) is 4.20. The topological polar surface area (TPSA) is 56.0 Å². The number of nitrogens with one attached hydrogen (secondary N) is 1. The molecule has 0 saturated heterocycles. The van der Waals surface area contributed by atoms with Gasteiger partial charge in [-0.1, -0.05) is 34.1 Å². The summed E-state index contributed by atoms with van der Waals surface area (Å²) in [6.07, 6.45) is 0. The number of para-hydroxylation sites is 1. The molecule has 0 spiro atoms. The second kappa shape index (κ2) is 8.19. The molecule has 1 amide bonds. The van der Waals surface area contributed by atoms with Crippen molar-refractivity contribution in [1.29, 1.82) is 0 Å². The minimum absolute atomic E-state index is 0.201. The van der Waals surface area contributed by atoms with Gasteiger partial charge in [-0.15, -0.1) is 11.8 Å². The average molecular weight is 446 g/mol. The lowest BCUT2D eigenvalue weighted by molar-refractivity contribution is -0.113. The fourth-order valence-corrected chi connectivity index (χ4v) is 4.09. The van der Waals surface area contributed by atoms with E-state index >= 15 is 0 Å². The maximum Gasteiger partial charge on any atom is 0.295 e. The summed E-state index contributed by atoms with van der Waals surface area (Å²) in [5, 5.41) is 2.79. The zero-order chi connectivity index (χ0) is 19.6. The van der Waals surface area contributed by atoms with Crippen LogP contribution >= 0.6 is 27.7 Å². The van der Waals surface area contributed by atoms with Gasteiger partial charge in [0.1, 0.15) is 5.69 Å². The number of amides is 1. The molecule has 0 fully saturated rings. The first-order valence-electron chi connectivity index (χ1n) is 8.41. The van der Waals surface area contributed by atoms with Gasteiger partial charge in [0, 0.05) is 16.4 Å². The summed E-state index contributed by atoms with van der Waals surface area (Å²) in [5.74, 6) is 0.0371. The standard InChI is InChI=1S/C20H20BrN3O2S/c1-13-11-15(21)9-10-17(13)27-12-18(25)22-19-14(2)23(3)24(20(19)26)16-7-5-4-6-8-16/h4-11H,12H2,1-3H3,(H,22,25). The first-order chi connectivity index (χ1) is 12.9. The van der Waals surface area contributed by atoms with Gasteiger partial charge in [-0.3, -0.25) is 14.3 Å². The Morgan fingerprint density at radius 3 is 2.52 bits per heavy atom. The van der Waals surface area contributed by atoms with Crippen LogP contribution in [0.1, 0.15) is 11.3 Å². The van der Waals surface area contributed by atoms with Crippen LogP contribution in [0, 0.1) is 13.8 Å². The van der Waals surface area contributed by atoms with Crippen molar-refractivity contribution in [3.8, 4) is 5.69 Å². The summed E-state index contributed by atoms with van der Waals surface area (Å²) >= 11 is 4.89. The number of hydrogen-bond acceptors (Lipinski definition) is 3. The Morgan fingerprint density at radius 1 is 1.15 bits per heavy atom. The van der Waals surface area contributed by atoms with Crippen molar-refractivity contribution < 1.29 is 4.79 Å². The zero-order valence-corrected chi connectivity index (χ0v) is 17.7. The van der Waals surface area contributed by atoms with Crippen LogP contribution < -0.4 is 10.9 Å². The Balaban J connectivity index is 1.78. The summed E-state index contributed by atoms with van der Waals surface area (Å²) in [7, 11) is 1.80. The fraction of sp³-hybridized carbons (Fsp3) is 0.200. The summed E-state index contributed by atoms with van der Waals surface area (Å²) in [6.45, 7) is 3.83. The highest BCUT2D eigenvalue weighted by Crippen LogP contribution is 2.25. The van der Waals surface area contributed by atoms with E-state index in [1.54, 1.807) is 16.4 Å². The number of halogens is 1. The number of nitrogens with zero attached hydrogens (tertiary/aromatic N) is 2. The van der Waals surface area contributed by atoms with E-state index in [-0.39, 0.29) is 17.2 Å². The maximum absolute atomic E-state index is 12.8. The molecule has 0 aliphatic heterocycles. The van der Waals surface area contributed by atoms with E-state index in [1.165, 1.54) is 11.8 Å². The van der Waals surface area contributed by atoms with Crippen LogP contribution in [0.2, 0.25) is 0 Å². The molecule has 0 aliphatic carbocycles. The second-order valence-electron chi connectivity index (χ2n) is 6.18. The first kappa shape index (κ1) is 19.5. The van der Waals surface area contributed by atoms with E-state index in [2.05, 4.69) is 21.2 Å². The monoisotopic (exact) mass is 445 g/mol. The third-order valence-electron chi connectivity index (χ3n) is 4.31. The molecule has 3 rings (SSSR count). The number of aryl methyl sites for hydroxylation is 1. The lowest BCUT2D eigenvalue weighted by Gasteiger charge is -2.07. The lowest BCUT2D eigenvalue weighted by Crippen LogP contribution is -2.23. The second-order valence-corrected chi connectivity index (χ2v) is 8.12. The SMILES string of the molecule is Cc1cc(Br)ccc1SCC(=O)Nc1c(C)n(C)n(-c2ccccc2)c1=O. The number of carbonyl (C=O) groups is 1. The number of carbonyl (C=O) groups excluding carboxylic acids is 1. The molecular weight excluding hydrogens is 426 g/mol. The highest BCUT2D eigenvalue weighted by Gasteiger charge is 2.18. The molecule has 0 atom stereocenters. The molecule has 5 nitrogen and oxygen atoms in total. The van der Waals surface area contributed by atoms with Crippen LogP contribution in [0.4, 0.5) is 5.69 Å². The summed E-state index contributed by atoms with van der Waals surface area (Å²) in [4.78, 5) is 26.3. The van der Waals surface area contributed by atoms with E-state index in [9.17, 15) is 9.59 Å². The largest absolute Gasteiger partial charge is 0.319 e. The van der Waals surface area contributed by atoms with E-state index in [4.69, 9.17) is 0 Å². The highest BCUT2D eigenvalue weighted by atomic mass is 79.9. The molecule has 1 N–H and O–H groups in total. The lowest BCUT2D eigenvalue weighted by atomic mass is 10.2. The number of anilines is 1. The summed E-state index contributed by atoms with van der Waals surface area (Å²) in [6, 6.07) is 15.3. The number of hydrogen-bond donors (Lipinski definition) is 1. The van der Waals surface area contributed by atoms with Crippen molar-refractivity contribution in [2.45, 2.75) is 18.7 Å². The minimum Gasteiger partial charge on any atom is -0.319 e. The third-order valence-corrected chi connectivity index (χ3v) is 5.98. The van der Waals surface area contributed by atoms with Gasteiger partial charge in [-0.05, 0) is 49.7 Å². The Bertz CT molecular complexity index is 1040. The number of thioether (sulfide) groups is 1. The first-order valence-corrected chi connectivity index (χ1v) is 10.2. The smallest absolute Gasteiger partial charge is 0.295 e. The van der Waals surface area contributed by atoms with Crippen LogP contribution in [0.25, 0.3) is 5.69 Å². The highest BCUT2D eigenvalue weighted by molar-refractivity contribution is 9.10. The summed E-state index contributed by atoms with van der Waals surface area (Å²) < 4.78 is 4.31. The fourth-order valence-electron chi connectivity index (χ4n) is 2.81. The van der Waals surface area contributed by atoms with Crippen molar-refractivity contribution in [3.63, 3.8) is 0 Å². The maximum atomic E-state index is 12.8. The molecule has 0 bridgehead atoms. The zero-order valence-electron chi connectivity index (χ0n) is 15.3. The molecule has 140 valence electrons. The molecule has 3 aromatic rings. The van der Waals surface area contributed by atoms with Crippen molar-refractivity contribution in [3.05, 3.63) is 74.6 Å². The van der Waals surface area contributed by atoms with Crippen LogP contribution in [0.15, 0.2) is 62.7 Å². The van der Waals surface area contributed by atoms with Crippen LogP contribution in [-0.2, 0) is 11.8 Å². The number of rotatable bonds is 5. The predicted molar refractivity (Wildman–Crippen MR) is 114 cm³/mol. The Kier molecular flexibility index (Phi) is 5.92. The van der Waals surface area contributed by atoms with Gasteiger partial charge >= 0.3 is 0 Å². The molecule has 0 unspecified atom stereocenters. The van der Waals surface area contributed by atoms with Crippen molar-refractivity contribution in [1.82, 2.24) is 9.36 Å². The van der Waals surface area contributed by atoms with Crippen molar-refractivity contribution in [2.24, 2.45) is 7.05 Å². The summed E-state index contributed by atoms with van der Waals surface area (Å²) in [5.41, 5.74) is 2.65. The molecule has 7 heteroatoms. The van der Waals surface area contributed by atoms with Gasteiger partial charge in [0.15, 0.2) is 0 Å². The van der Waals surface area contributed by atoms with Gasteiger partial charge in [0.25, 0.3) is 5.56 Å². The quantitative estimate of drug-likeness (QED) is 0.595. The van der Waals surface area contributed by atoms with Gasteiger partial charge < -0.3 is 5.32 Å².